The summed E-state index contributed by atoms with van der Waals surface area (Å²) in [5.41, 5.74) is 7.11. The maximum atomic E-state index is 5.96. The van der Waals surface area contributed by atoms with Crippen LogP contribution in [-0.2, 0) is 6.42 Å². The van der Waals surface area contributed by atoms with Gasteiger partial charge in [0.2, 0.25) is 0 Å². The van der Waals surface area contributed by atoms with Gasteiger partial charge in [-0.3, -0.25) is 4.40 Å². The topological polar surface area (TPSA) is 69.1 Å². The average Bonchev–Trinajstić information content (AvgIpc) is 3.08. The van der Waals surface area contributed by atoms with Crippen molar-refractivity contribution in [1.29, 1.82) is 0 Å². The molecule has 0 aliphatic rings. The van der Waals surface area contributed by atoms with Gasteiger partial charge in [0.25, 0.3) is 0 Å². The molecule has 2 N–H and O–H groups in total. The molecule has 1 unspecified atom stereocenters. The zero-order valence-corrected chi connectivity index (χ0v) is 14.2. The zero-order chi connectivity index (χ0) is 14.1. The molecule has 0 saturated heterocycles. The first-order valence-electron chi connectivity index (χ1n) is 5.92. The second-order valence-corrected chi connectivity index (χ2v) is 8.38. The summed E-state index contributed by atoms with van der Waals surface area (Å²) < 4.78 is 4.01. The summed E-state index contributed by atoms with van der Waals surface area (Å²) in [5, 5.41) is 11.3. The van der Waals surface area contributed by atoms with Crippen LogP contribution in [0.15, 0.2) is 25.3 Å². The van der Waals surface area contributed by atoms with E-state index in [-0.39, 0.29) is 6.04 Å². The summed E-state index contributed by atoms with van der Waals surface area (Å²) in [6, 6.07) is 0.102. The monoisotopic (exact) mass is 343 g/mol. The molecular formula is C11H13N5S4. The van der Waals surface area contributed by atoms with Crippen LogP contribution in [0.4, 0.5) is 0 Å². The number of hydrogen-bond donors (Lipinski definition) is 1. The number of aromatic nitrogens is 4. The van der Waals surface area contributed by atoms with E-state index in [1.54, 1.807) is 46.2 Å². The number of thioether (sulfide) groups is 1. The van der Waals surface area contributed by atoms with Crippen LogP contribution in [0.3, 0.4) is 0 Å². The van der Waals surface area contributed by atoms with Gasteiger partial charge in [-0.05, 0) is 24.9 Å². The molecule has 5 nitrogen and oxygen atoms in total. The highest BCUT2D eigenvalue weighted by atomic mass is 32.2. The third kappa shape index (κ3) is 2.86. The van der Waals surface area contributed by atoms with Gasteiger partial charge in [0, 0.05) is 24.0 Å². The number of fused-ring (bicyclic) bond motifs is 1. The Kier molecular flexibility index (Phi) is 4.32. The van der Waals surface area contributed by atoms with Crippen LogP contribution in [0.1, 0.15) is 12.6 Å². The van der Waals surface area contributed by atoms with Crippen LogP contribution in [-0.4, -0.2) is 31.9 Å². The van der Waals surface area contributed by atoms with Crippen molar-refractivity contribution in [3.8, 4) is 0 Å². The van der Waals surface area contributed by atoms with Crippen molar-refractivity contribution in [2.24, 2.45) is 5.73 Å². The number of imidazole rings is 1. The summed E-state index contributed by atoms with van der Waals surface area (Å²) in [4.78, 5) is 5.67. The van der Waals surface area contributed by atoms with Crippen LogP contribution >= 0.6 is 46.2 Å². The highest BCUT2D eigenvalue weighted by Crippen LogP contribution is 2.35. The lowest BCUT2D eigenvalue weighted by Gasteiger charge is -2.05. The number of thiazole rings is 1. The van der Waals surface area contributed by atoms with Gasteiger partial charge in [-0.25, -0.2) is 4.98 Å². The van der Waals surface area contributed by atoms with Gasteiger partial charge in [0.05, 0.1) is 5.69 Å². The minimum atomic E-state index is 0.102. The Morgan fingerprint density at radius 2 is 2.20 bits per heavy atom. The van der Waals surface area contributed by atoms with E-state index >= 15 is 0 Å². The number of nitrogens with two attached hydrogens (primary N) is 1. The SMILES string of the molecule is CSc1nnc(Sc2nc3sccn3c2CC(C)N)s1. The van der Waals surface area contributed by atoms with Crippen LogP contribution in [0.2, 0.25) is 0 Å². The molecule has 3 aromatic heterocycles. The highest BCUT2D eigenvalue weighted by molar-refractivity contribution is 8.03. The predicted molar refractivity (Wildman–Crippen MR) is 86.2 cm³/mol. The molecule has 0 aliphatic carbocycles. The minimum Gasteiger partial charge on any atom is -0.328 e. The van der Waals surface area contributed by atoms with Gasteiger partial charge < -0.3 is 5.73 Å². The molecule has 3 aromatic rings. The molecule has 0 radical (unpaired) electrons. The standard InChI is InChI=1S/C11H13N5S4/c1-6(12)5-7-8(13-9-16(7)3-4-18-9)19-11-15-14-10(17-2)20-11/h3-4,6H,5,12H2,1-2H3. The molecule has 3 heterocycles. The summed E-state index contributed by atoms with van der Waals surface area (Å²) in [5.74, 6) is 0. The van der Waals surface area contributed by atoms with E-state index in [1.807, 2.05) is 24.8 Å². The van der Waals surface area contributed by atoms with Gasteiger partial charge in [-0.1, -0.05) is 23.1 Å². The second kappa shape index (κ2) is 6.02. The molecule has 0 aliphatic heterocycles. The van der Waals surface area contributed by atoms with Gasteiger partial charge in [0.1, 0.15) is 5.03 Å². The van der Waals surface area contributed by atoms with E-state index in [4.69, 9.17) is 5.73 Å². The number of rotatable bonds is 5. The predicted octanol–water partition coefficient (Wildman–Crippen LogP) is 3.01. The fourth-order valence-electron chi connectivity index (χ4n) is 1.79. The van der Waals surface area contributed by atoms with Crippen molar-refractivity contribution >= 4 is 51.2 Å². The fraction of sp³-hybridized carbons (Fsp3) is 0.364. The Morgan fingerprint density at radius 1 is 1.40 bits per heavy atom. The number of hydrogen-bond acceptors (Lipinski definition) is 8. The normalized spacial score (nSPS) is 13.2. The lowest BCUT2D eigenvalue weighted by molar-refractivity contribution is 0.706. The largest absolute Gasteiger partial charge is 0.328 e. The maximum absolute atomic E-state index is 5.96. The van der Waals surface area contributed by atoms with E-state index < -0.39 is 0 Å². The lowest BCUT2D eigenvalue weighted by atomic mass is 10.2. The Labute approximate surface area is 133 Å². The fourth-order valence-corrected chi connectivity index (χ4v) is 5.06. The van der Waals surface area contributed by atoms with Gasteiger partial charge in [-0.15, -0.1) is 21.5 Å². The quantitative estimate of drug-likeness (QED) is 0.718. The number of nitrogens with zero attached hydrogens (tertiary/aromatic N) is 4. The van der Waals surface area contributed by atoms with Crippen LogP contribution in [0.25, 0.3) is 4.96 Å². The molecule has 9 heteroatoms. The van der Waals surface area contributed by atoms with Crippen molar-refractivity contribution in [3.05, 3.63) is 17.3 Å². The van der Waals surface area contributed by atoms with E-state index in [2.05, 4.69) is 19.6 Å². The molecule has 0 bridgehead atoms. The Bertz CT molecular complexity index is 713. The van der Waals surface area contributed by atoms with Crippen molar-refractivity contribution in [1.82, 2.24) is 19.6 Å². The third-order valence-electron chi connectivity index (χ3n) is 2.59. The molecule has 0 aromatic carbocycles. The Morgan fingerprint density at radius 3 is 2.90 bits per heavy atom. The first kappa shape index (κ1) is 14.3. The Hall–Kier alpha value is -0.610. The lowest BCUT2D eigenvalue weighted by Crippen LogP contribution is -2.19. The molecule has 0 fully saturated rings. The van der Waals surface area contributed by atoms with Crippen LogP contribution in [0, 0.1) is 0 Å². The van der Waals surface area contributed by atoms with Gasteiger partial charge >= 0.3 is 0 Å². The average molecular weight is 344 g/mol. The van der Waals surface area contributed by atoms with Crippen LogP contribution < -0.4 is 5.73 Å². The molecule has 106 valence electrons. The van der Waals surface area contributed by atoms with Crippen molar-refractivity contribution in [2.45, 2.75) is 33.1 Å². The summed E-state index contributed by atoms with van der Waals surface area (Å²) in [7, 11) is 0. The molecule has 0 amide bonds. The molecule has 20 heavy (non-hydrogen) atoms. The Balaban J connectivity index is 1.95. The molecule has 3 rings (SSSR count). The minimum absolute atomic E-state index is 0.102. The third-order valence-corrected chi connectivity index (χ3v) is 6.31. The zero-order valence-electron chi connectivity index (χ0n) is 10.9. The maximum Gasteiger partial charge on any atom is 0.194 e. The first-order chi connectivity index (χ1) is 9.67. The van der Waals surface area contributed by atoms with Crippen molar-refractivity contribution < 1.29 is 0 Å². The summed E-state index contributed by atoms with van der Waals surface area (Å²) >= 11 is 6.41. The molecular weight excluding hydrogens is 330 g/mol. The first-order valence-corrected chi connectivity index (χ1v) is 9.66. The van der Waals surface area contributed by atoms with E-state index in [9.17, 15) is 0 Å². The summed E-state index contributed by atoms with van der Waals surface area (Å²) in [6.07, 6.45) is 4.85. The van der Waals surface area contributed by atoms with Crippen LogP contribution in [0.5, 0.6) is 0 Å². The second-order valence-electron chi connectivity index (χ2n) is 4.24. The highest BCUT2D eigenvalue weighted by Gasteiger charge is 2.17. The van der Waals surface area contributed by atoms with Gasteiger partial charge in [0.15, 0.2) is 13.6 Å². The molecule has 0 saturated carbocycles. The van der Waals surface area contributed by atoms with Gasteiger partial charge in [-0.2, -0.15) is 0 Å². The van der Waals surface area contributed by atoms with E-state index in [0.29, 0.717) is 0 Å². The van der Waals surface area contributed by atoms with E-state index in [0.717, 1.165) is 30.8 Å². The van der Waals surface area contributed by atoms with E-state index in [1.165, 1.54) is 0 Å². The van der Waals surface area contributed by atoms with Crippen molar-refractivity contribution in [3.63, 3.8) is 0 Å². The summed E-state index contributed by atoms with van der Waals surface area (Å²) in [6.45, 7) is 2.01. The molecule has 0 spiro atoms. The molecule has 1 atom stereocenters. The van der Waals surface area contributed by atoms with Crippen molar-refractivity contribution in [2.75, 3.05) is 6.26 Å². The smallest absolute Gasteiger partial charge is 0.194 e.